The smallest absolute Gasteiger partial charge is 0.245 e. The number of likely N-dealkylation sites (tertiary alicyclic amines) is 1. The predicted octanol–water partition coefficient (Wildman–Crippen LogP) is 3.67. The average Bonchev–Trinajstić information content (AvgIpc) is 3.65. The molecule has 0 radical (unpaired) electrons. The Hall–Kier alpha value is -3.37. The van der Waals surface area contributed by atoms with Crippen molar-refractivity contribution >= 4 is 37.9 Å². The molecule has 5 amide bonds. The monoisotopic (exact) mass is 847 g/mol. The molecule has 0 bridgehead atoms. The van der Waals surface area contributed by atoms with Gasteiger partial charge in [-0.25, -0.2) is 0 Å². The number of methoxy groups -OCH3 is 2. The lowest BCUT2D eigenvalue weighted by atomic mass is 9.89. The minimum Gasteiger partial charge on any atom is -0.432 e. The number of carbonyl (C=O) groups excluding carboxylic acids is 5. The maximum absolute atomic E-state index is 14.3. The quantitative estimate of drug-likeness (QED) is 0.114. The van der Waals surface area contributed by atoms with Crippen molar-refractivity contribution in [1.82, 2.24) is 30.7 Å². The Balaban J connectivity index is 2.30. The topological polar surface area (TPSA) is 170 Å². The molecule has 1 aliphatic rings. The van der Waals surface area contributed by atoms with Crippen molar-refractivity contribution < 1.29 is 38.2 Å². The van der Waals surface area contributed by atoms with Crippen LogP contribution in [-0.2, 0) is 39.9 Å². The molecule has 1 aliphatic heterocycles. The zero-order valence-electron chi connectivity index (χ0n) is 38.5. The molecule has 0 unspecified atom stereocenters. The van der Waals surface area contributed by atoms with E-state index in [-0.39, 0.29) is 60.1 Å². The van der Waals surface area contributed by atoms with Crippen molar-refractivity contribution in [2.75, 3.05) is 48.5 Å². The van der Waals surface area contributed by atoms with E-state index >= 15 is 0 Å². The third-order valence-electron chi connectivity index (χ3n) is 11.9. The summed E-state index contributed by atoms with van der Waals surface area (Å²) in [4.78, 5) is 85.1. The fraction of sp³-hybridized carbons (Fsp3) is 0.750. The van der Waals surface area contributed by atoms with Gasteiger partial charge in [0.05, 0.1) is 42.7 Å². The van der Waals surface area contributed by atoms with Crippen molar-refractivity contribution in [3.63, 3.8) is 0 Å². The number of nitrogens with one attached hydrogen (secondary N) is 3. The second kappa shape index (κ2) is 24.2. The summed E-state index contributed by atoms with van der Waals surface area (Å²) in [5.74, 6) is -2.24. The standard InChI is InChI=1S/C44H78N6O8Si/c1-15-30(6)39(49(10)44(55)37(28(2)3)47-43(54)38(29(4)5)48(8)9)35(57-11)27-36(51)50-24-19-22-34(50)40(58-12)31(7)41(52)46-33(26-32-20-17-16-18-21-32)42(53)45-23-25-59(13,14)56/h16-18,20-21,28-31,33-35,37-40,56H,15,19,22-27H2,1-14H3,(H,45,53)(H,46,52)(H,47,54)/t30-,31+,33-,34-,35+,37-,38-,39-,40+/m1/s1. The van der Waals surface area contributed by atoms with Gasteiger partial charge in [-0.1, -0.05) is 85.2 Å². The van der Waals surface area contributed by atoms with E-state index in [0.717, 1.165) is 18.4 Å². The highest BCUT2D eigenvalue weighted by atomic mass is 28.4. The molecule has 1 heterocycles. The first-order chi connectivity index (χ1) is 27.6. The summed E-state index contributed by atoms with van der Waals surface area (Å²) in [6.45, 7) is 18.0. The van der Waals surface area contributed by atoms with Crippen LogP contribution in [0.3, 0.4) is 0 Å². The zero-order chi connectivity index (χ0) is 44.8. The minimum absolute atomic E-state index is 0.00177. The highest BCUT2D eigenvalue weighted by Crippen LogP contribution is 2.30. The molecule has 9 atom stereocenters. The van der Waals surface area contributed by atoms with Gasteiger partial charge in [0.2, 0.25) is 29.5 Å². The summed E-state index contributed by atoms with van der Waals surface area (Å²) < 4.78 is 12.0. The second-order valence-electron chi connectivity index (χ2n) is 18.1. The van der Waals surface area contributed by atoms with Crippen molar-refractivity contribution in [3.8, 4) is 0 Å². The first-order valence-electron chi connectivity index (χ1n) is 21.5. The first-order valence-corrected chi connectivity index (χ1v) is 24.7. The zero-order valence-corrected chi connectivity index (χ0v) is 39.5. The molecule has 1 aromatic rings. The van der Waals surface area contributed by atoms with Crippen LogP contribution in [0.15, 0.2) is 30.3 Å². The fourth-order valence-electron chi connectivity index (χ4n) is 8.39. The molecule has 0 aromatic heterocycles. The summed E-state index contributed by atoms with van der Waals surface area (Å²) in [6.07, 6.45) is 1.03. The largest absolute Gasteiger partial charge is 0.432 e. The van der Waals surface area contributed by atoms with Gasteiger partial charge in [0.25, 0.3) is 0 Å². The average molecular weight is 847 g/mol. The lowest BCUT2D eigenvalue weighted by molar-refractivity contribution is -0.148. The molecule has 1 saturated heterocycles. The molecule has 15 heteroatoms. The fourth-order valence-corrected chi connectivity index (χ4v) is 9.13. The van der Waals surface area contributed by atoms with Crippen LogP contribution in [0.1, 0.15) is 79.7 Å². The van der Waals surface area contributed by atoms with E-state index in [4.69, 9.17) is 9.47 Å². The number of benzene rings is 1. The molecule has 1 fully saturated rings. The molecule has 2 rings (SSSR count). The van der Waals surface area contributed by atoms with Crippen LogP contribution in [0.2, 0.25) is 19.1 Å². The third-order valence-corrected chi connectivity index (χ3v) is 13.4. The van der Waals surface area contributed by atoms with Crippen molar-refractivity contribution in [3.05, 3.63) is 35.9 Å². The molecule has 0 saturated carbocycles. The Morgan fingerprint density at radius 1 is 0.898 bits per heavy atom. The van der Waals surface area contributed by atoms with Gasteiger partial charge in [0.15, 0.2) is 8.32 Å². The molecule has 59 heavy (non-hydrogen) atoms. The van der Waals surface area contributed by atoms with Crippen molar-refractivity contribution in [2.45, 2.75) is 142 Å². The number of hydrogen-bond acceptors (Lipinski definition) is 9. The number of ether oxygens (including phenoxy) is 2. The molecular formula is C44H78N6O8Si. The third kappa shape index (κ3) is 15.2. The normalized spacial score (nSPS) is 18.7. The van der Waals surface area contributed by atoms with E-state index < -0.39 is 56.7 Å². The van der Waals surface area contributed by atoms with Gasteiger partial charge in [-0.15, -0.1) is 0 Å². The Kier molecular flexibility index (Phi) is 21.2. The van der Waals surface area contributed by atoms with E-state index in [1.807, 2.05) is 104 Å². The van der Waals surface area contributed by atoms with Crippen LogP contribution >= 0.6 is 0 Å². The van der Waals surface area contributed by atoms with Crippen LogP contribution in [0.4, 0.5) is 0 Å². The maximum atomic E-state index is 14.3. The van der Waals surface area contributed by atoms with Crippen LogP contribution in [0.5, 0.6) is 0 Å². The van der Waals surface area contributed by atoms with E-state index in [0.29, 0.717) is 25.6 Å². The molecule has 0 spiro atoms. The summed E-state index contributed by atoms with van der Waals surface area (Å²) in [5.41, 5.74) is 0.887. The highest BCUT2D eigenvalue weighted by Gasteiger charge is 2.43. The predicted molar refractivity (Wildman–Crippen MR) is 235 cm³/mol. The summed E-state index contributed by atoms with van der Waals surface area (Å²) >= 11 is 0. The summed E-state index contributed by atoms with van der Waals surface area (Å²) in [6, 6.07) is 7.02. The van der Waals surface area contributed by atoms with Gasteiger partial charge in [0, 0.05) is 40.8 Å². The van der Waals surface area contributed by atoms with Gasteiger partial charge in [0.1, 0.15) is 12.1 Å². The Labute approximate surface area is 356 Å². The van der Waals surface area contributed by atoms with Crippen LogP contribution in [0.25, 0.3) is 0 Å². The summed E-state index contributed by atoms with van der Waals surface area (Å²) in [5, 5.41) is 8.90. The summed E-state index contributed by atoms with van der Waals surface area (Å²) in [7, 11) is 6.13. The SMILES string of the molecule is CC[C@@H](C)[C@H]([C@H](CC(=O)N1CCC[C@@H]1[C@@H](OC)[C@H](C)C(=O)N[C@H](Cc1ccccc1)C(=O)NCC[Si](C)(C)O)OC)N(C)C(=O)[C@H](NC(=O)[C@@H](C(C)C)N(C)C)C(C)C. The van der Waals surface area contributed by atoms with E-state index in [9.17, 15) is 28.8 Å². The van der Waals surface area contributed by atoms with Gasteiger partial charge >= 0.3 is 0 Å². The van der Waals surface area contributed by atoms with Gasteiger partial charge in [-0.05, 0) is 69.4 Å². The van der Waals surface area contributed by atoms with Gasteiger partial charge in [-0.3, -0.25) is 28.9 Å². The van der Waals surface area contributed by atoms with Gasteiger partial charge in [-0.2, -0.15) is 0 Å². The Bertz CT molecular complexity index is 1480. The molecule has 1 aromatic carbocycles. The lowest BCUT2D eigenvalue weighted by Gasteiger charge is -2.41. The lowest BCUT2D eigenvalue weighted by Crippen LogP contribution is -2.59. The molecule has 4 N–H and O–H groups in total. The second-order valence-corrected chi connectivity index (χ2v) is 22.2. The highest BCUT2D eigenvalue weighted by molar-refractivity contribution is 6.69. The number of carbonyl (C=O) groups is 5. The van der Waals surface area contributed by atoms with Crippen molar-refractivity contribution in [2.24, 2.45) is 23.7 Å². The number of rotatable bonds is 24. The van der Waals surface area contributed by atoms with E-state index in [2.05, 4.69) is 16.0 Å². The van der Waals surface area contributed by atoms with Crippen molar-refractivity contribution in [1.29, 1.82) is 0 Å². The van der Waals surface area contributed by atoms with Crippen LogP contribution < -0.4 is 16.0 Å². The van der Waals surface area contributed by atoms with Gasteiger partial charge < -0.3 is 40.0 Å². The minimum atomic E-state index is -2.39. The number of nitrogens with zero attached hydrogens (tertiary/aromatic N) is 3. The van der Waals surface area contributed by atoms with Crippen LogP contribution in [0, 0.1) is 23.7 Å². The molecular weight excluding hydrogens is 769 g/mol. The van der Waals surface area contributed by atoms with Crippen LogP contribution in [-0.4, -0.2) is 148 Å². The van der Waals surface area contributed by atoms with E-state index in [1.165, 1.54) is 7.11 Å². The molecule has 14 nitrogen and oxygen atoms in total. The van der Waals surface area contributed by atoms with E-state index in [1.54, 1.807) is 30.9 Å². The number of amides is 5. The number of likely N-dealkylation sites (N-methyl/N-ethyl adjacent to an activating group) is 2. The number of hydrogen-bond donors (Lipinski definition) is 4. The Morgan fingerprint density at radius 2 is 1.53 bits per heavy atom. The first kappa shape index (κ1) is 51.8. The molecule has 336 valence electrons. The molecule has 0 aliphatic carbocycles. The Morgan fingerprint density at radius 3 is 2.03 bits per heavy atom. The maximum Gasteiger partial charge on any atom is 0.245 e.